The van der Waals surface area contributed by atoms with Gasteiger partial charge in [-0.15, -0.1) is 0 Å². The fraction of sp³-hybridized carbons (Fsp3) is 0.364. The van der Waals surface area contributed by atoms with E-state index in [0.717, 1.165) is 18.4 Å². The van der Waals surface area contributed by atoms with Crippen LogP contribution in [0.1, 0.15) is 24.0 Å². The maximum atomic E-state index is 12.7. The largest absolute Gasteiger partial charge is 0.486 e. The zero-order valence-corrected chi connectivity index (χ0v) is 16.7. The third kappa shape index (κ3) is 5.21. The van der Waals surface area contributed by atoms with Gasteiger partial charge >= 0.3 is 0 Å². The fourth-order valence-electron chi connectivity index (χ4n) is 3.29. The number of nitrogens with one attached hydrogen (secondary N) is 2. The normalized spacial score (nSPS) is 16.0. The van der Waals surface area contributed by atoms with Crippen LogP contribution in [0.5, 0.6) is 11.5 Å². The first-order valence-electron chi connectivity index (χ1n) is 9.80. The van der Waals surface area contributed by atoms with E-state index in [1.807, 2.05) is 30.3 Å². The highest BCUT2D eigenvalue weighted by Gasteiger charge is 2.28. The van der Waals surface area contributed by atoms with Gasteiger partial charge in [0.25, 0.3) is 0 Å². The molecule has 2 aliphatic rings. The molecule has 1 fully saturated rings. The maximum absolute atomic E-state index is 12.7. The molecule has 29 heavy (non-hydrogen) atoms. The number of hydrogen-bond donors (Lipinski definition) is 2. The van der Waals surface area contributed by atoms with Gasteiger partial charge < -0.3 is 20.1 Å². The molecule has 2 amide bonds. The molecular weight excluding hydrogens is 392 g/mol. The SMILES string of the molecule is O=C(Cc1cc(Cl)c2c(c1)OCCO2)NC(Cc1ccccc1)C(=O)NC1CC1. The molecule has 1 atom stereocenters. The Morgan fingerprint density at radius 1 is 1.07 bits per heavy atom. The third-order valence-corrected chi connectivity index (χ3v) is 5.16. The molecule has 0 spiro atoms. The molecule has 152 valence electrons. The van der Waals surface area contributed by atoms with Gasteiger partial charge in [0.05, 0.1) is 11.4 Å². The van der Waals surface area contributed by atoms with Crippen molar-refractivity contribution in [3.8, 4) is 11.5 Å². The van der Waals surface area contributed by atoms with Crippen LogP contribution in [0, 0.1) is 0 Å². The molecule has 6 nitrogen and oxygen atoms in total. The highest BCUT2D eigenvalue weighted by atomic mass is 35.5. The molecule has 4 rings (SSSR count). The van der Waals surface area contributed by atoms with E-state index in [2.05, 4.69) is 10.6 Å². The number of benzene rings is 2. The van der Waals surface area contributed by atoms with Crippen molar-refractivity contribution < 1.29 is 19.1 Å². The van der Waals surface area contributed by atoms with Crippen molar-refractivity contribution >= 4 is 23.4 Å². The topological polar surface area (TPSA) is 76.7 Å². The van der Waals surface area contributed by atoms with Crippen LogP contribution in [0.2, 0.25) is 5.02 Å². The lowest BCUT2D eigenvalue weighted by molar-refractivity contribution is -0.128. The molecule has 2 aromatic rings. The summed E-state index contributed by atoms with van der Waals surface area (Å²) in [4.78, 5) is 25.3. The van der Waals surface area contributed by atoms with Crippen molar-refractivity contribution in [1.82, 2.24) is 10.6 Å². The van der Waals surface area contributed by atoms with Crippen LogP contribution < -0.4 is 20.1 Å². The Kier molecular flexibility index (Phi) is 5.90. The minimum atomic E-state index is -0.627. The predicted octanol–water partition coefficient (Wildman–Crippen LogP) is 2.66. The average Bonchev–Trinajstić information content (AvgIpc) is 3.52. The van der Waals surface area contributed by atoms with Crippen molar-refractivity contribution in [3.05, 3.63) is 58.6 Å². The number of hydrogen-bond acceptors (Lipinski definition) is 4. The van der Waals surface area contributed by atoms with Gasteiger partial charge in [-0.25, -0.2) is 0 Å². The van der Waals surface area contributed by atoms with Gasteiger partial charge in [0, 0.05) is 12.5 Å². The summed E-state index contributed by atoms with van der Waals surface area (Å²) in [6.45, 7) is 0.892. The second-order valence-electron chi connectivity index (χ2n) is 7.37. The lowest BCUT2D eigenvalue weighted by atomic mass is 10.0. The Bertz CT molecular complexity index is 899. The van der Waals surface area contributed by atoms with Crippen molar-refractivity contribution in [3.63, 3.8) is 0 Å². The second kappa shape index (κ2) is 8.74. The Balaban J connectivity index is 1.44. The molecular formula is C22H23ClN2O4. The molecule has 1 saturated carbocycles. The van der Waals surface area contributed by atoms with Gasteiger partial charge in [-0.1, -0.05) is 41.9 Å². The quantitative estimate of drug-likeness (QED) is 0.730. The number of rotatable bonds is 7. The van der Waals surface area contributed by atoms with Crippen molar-refractivity contribution in [2.45, 2.75) is 37.8 Å². The number of ether oxygens (including phenoxy) is 2. The van der Waals surface area contributed by atoms with Crippen LogP contribution in [0.15, 0.2) is 42.5 Å². The molecule has 7 heteroatoms. The first-order valence-corrected chi connectivity index (χ1v) is 10.2. The zero-order chi connectivity index (χ0) is 20.2. The number of fused-ring (bicyclic) bond motifs is 1. The molecule has 0 aromatic heterocycles. The maximum Gasteiger partial charge on any atom is 0.243 e. The Morgan fingerprint density at radius 2 is 1.83 bits per heavy atom. The summed E-state index contributed by atoms with van der Waals surface area (Å²) in [6, 6.07) is 12.7. The molecule has 0 bridgehead atoms. The van der Waals surface area contributed by atoms with Gasteiger partial charge in [-0.2, -0.15) is 0 Å². The van der Waals surface area contributed by atoms with E-state index in [9.17, 15) is 9.59 Å². The third-order valence-electron chi connectivity index (χ3n) is 4.88. The minimum Gasteiger partial charge on any atom is -0.486 e. The fourth-order valence-corrected chi connectivity index (χ4v) is 3.57. The number of carbonyl (C=O) groups is 2. The molecule has 1 unspecified atom stereocenters. The highest BCUT2D eigenvalue weighted by Crippen LogP contribution is 2.38. The molecule has 1 aliphatic carbocycles. The monoisotopic (exact) mass is 414 g/mol. The summed E-state index contributed by atoms with van der Waals surface area (Å²) in [7, 11) is 0. The summed E-state index contributed by atoms with van der Waals surface area (Å²) < 4.78 is 11.1. The summed E-state index contributed by atoms with van der Waals surface area (Å²) in [5.41, 5.74) is 1.70. The van der Waals surface area contributed by atoms with Crippen molar-refractivity contribution in [2.24, 2.45) is 0 Å². The van der Waals surface area contributed by atoms with Gasteiger partial charge in [-0.05, 0) is 36.1 Å². The van der Waals surface area contributed by atoms with E-state index in [-0.39, 0.29) is 24.3 Å². The molecule has 1 aliphatic heterocycles. The molecule has 1 heterocycles. The first kappa shape index (κ1) is 19.6. The standard InChI is InChI=1S/C22H23ClN2O4/c23-17-10-15(12-19-21(17)29-9-8-28-19)13-20(26)25-18(22(27)24-16-6-7-16)11-14-4-2-1-3-5-14/h1-5,10,12,16,18H,6-9,11,13H2,(H,24,27)(H,25,26). The molecule has 0 radical (unpaired) electrons. The van der Waals surface area contributed by atoms with Crippen molar-refractivity contribution in [1.29, 1.82) is 0 Å². The Labute approximate surface area is 174 Å². The first-order chi connectivity index (χ1) is 14.1. The number of carbonyl (C=O) groups excluding carboxylic acids is 2. The number of amides is 2. The van der Waals surface area contributed by atoms with Crippen LogP contribution in [0.3, 0.4) is 0 Å². The Morgan fingerprint density at radius 3 is 2.59 bits per heavy atom. The average molecular weight is 415 g/mol. The highest BCUT2D eigenvalue weighted by molar-refractivity contribution is 6.32. The van der Waals surface area contributed by atoms with Crippen LogP contribution in [-0.4, -0.2) is 37.1 Å². The zero-order valence-electron chi connectivity index (χ0n) is 15.9. The van der Waals surface area contributed by atoms with Gasteiger partial charge in [-0.3, -0.25) is 9.59 Å². The van der Waals surface area contributed by atoms with E-state index in [1.165, 1.54) is 0 Å². The van der Waals surface area contributed by atoms with Gasteiger partial charge in [0.15, 0.2) is 11.5 Å². The van der Waals surface area contributed by atoms with Crippen molar-refractivity contribution in [2.75, 3.05) is 13.2 Å². The number of halogens is 1. The van der Waals surface area contributed by atoms with E-state index < -0.39 is 6.04 Å². The summed E-state index contributed by atoms with van der Waals surface area (Å²) >= 11 is 6.26. The molecule has 2 aromatic carbocycles. The molecule has 2 N–H and O–H groups in total. The van der Waals surface area contributed by atoms with Gasteiger partial charge in [0.2, 0.25) is 11.8 Å². The van der Waals surface area contributed by atoms with Crippen LogP contribution in [-0.2, 0) is 22.4 Å². The second-order valence-corrected chi connectivity index (χ2v) is 7.78. The molecule has 0 saturated heterocycles. The predicted molar refractivity (Wildman–Crippen MR) is 109 cm³/mol. The summed E-state index contributed by atoms with van der Waals surface area (Å²) in [5.74, 6) is 0.654. The lowest BCUT2D eigenvalue weighted by Gasteiger charge is -2.21. The van der Waals surface area contributed by atoms with E-state index >= 15 is 0 Å². The van der Waals surface area contributed by atoms with Crippen LogP contribution in [0.4, 0.5) is 0 Å². The smallest absolute Gasteiger partial charge is 0.243 e. The Hall–Kier alpha value is -2.73. The van der Waals surface area contributed by atoms with E-state index in [4.69, 9.17) is 21.1 Å². The van der Waals surface area contributed by atoms with Gasteiger partial charge in [0.1, 0.15) is 19.3 Å². The van der Waals surface area contributed by atoms with E-state index in [0.29, 0.717) is 41.7 Å². The van der Waals surface area contributed by atoms with Crippen LogP contribution >= 0.6 is 11.6 Å². The lowest BCUT2D eigenvalue weighted by Crippen LogP contribution is -2.49. The van der Waals surface area contributed by atoms with Crippen LogP contribution in [0.25, 0.3) is 0 Å². The summed E-state index contributed by atoms with van der Waals surface area (Å²) in [6.07, 6.45) is 2.52. The van der Waals surface area contributed by atoms with E-state index in [1.54, 1.807) is 12.1 Å². The summed E-state index contributed by atoms with van der Waals surface area (Å²) in [5, 5.41) is 6.28. The minimum absolute atomic E-state index is 0.0956.